The number of aromatic nitrogens is 5. The number of anilines is 1. The maximum absolute atomic E-state index is 9.96. The molecule has 0 saturated heterocycles. The van der Waals surface area contributed by atoms with Gasteiger partial charge in [-0.2, -0.15) is 0 Å². The lowest BCUT2D eigenvalue weighted by Crippen LogP contribution is -2.31. The highest BCUT2D eigenvalue weighted by atomic mass is 16.3. The summed E-state index contributed by atoms with van der Waals surface area (Å²) in [5.41, 5.74) is 6.41. The van der Waals surface area contributed by atoms with E-state index in [2.05, 4.69) is 20.3 Å². The lowest BCUT2D eigenvalue weighted by molar-refractivity contribution is 0.00875. The van der Waals surface area contributed by atoms with E-state index in [4.69, 9.17) is 5.73 Å². The Kier molecular flexibility index (Phi) is 2.44. The maximum atomic E-state index is 9.96. The van der Waals surface area contributed by atoms with Crippen LogP contribution in [-0.2, 0) is 0 Å². The summed E-state index contributed by atoms with van der Waals surface area (Å²) in [5, 5.41) is 18.1. The van der Waals surface area contributed by atoms with E-state index in [1.165, 1.54) is 6.33 Å². The molecular formula is C11H16N6O. The average molecular weight is 248 g/mol. The third-order valence-electron chi connectivity index (χ3n) is 3.67. The fraction of sp³-hybridized carbons (Fsp3) is 0.636. The summed E-state index contributed by atoms with van der Waals surface area (Å²) < 4.78 is 1.81. The summed E-state index contributed by atoms with van der Waals surface area (Å²) in [5.74, 6) is 0.356. The number of nitrogen functional groups attached to an aromatic ring is 1. The highest BCUT2D eigenvalue weighted by Crippen LogP contribution is 2.35. The highest BCUT2D eigenvalue weighted by molar-refractivity contribution is 5.80. The van der Waals surface area contributed by atoms with E-state index >= 15 is 0 Å². The van der Waals surface area contributed by atoms with Gasteiger partial charge in [0, 0.05) is 0 Å². The van der Waals surface area contributed by atoms with Crippen molar-refractivity contribution in [2.24, 2.45) is 0 Å². The number of hydrogen-bond acceptors (Lipinski definition) is 6. The molecule has 7 nitrogen and oxygen atoms in total. The van der Waals surface area contributed by atoms with Crippen molar-refractivity contribution in [2.45, 2.75) is 44.2 Å². The van der Waals surface area contributed by atoms with Gasteiger partial charge in [-0.25, -0.2) is 14.6 Å². The van der Waals surface area contributed by atoms with Crippen LogP contribution in [0.1, 0.15) is 38.6 Å². The second-order valence-electron chi connectivity index (χ2n) is 5.19. The minimum absolute atomic E-state index is 0.226. The van der Waals surface area contributed by atoms with Gasteiger partial charge in [0.2, 0.25) is 0 Å². The van der Waals surface area contributed by atoms with Gasteiger partial charge in [0.05, 0.1) is 11.6 Å². The molecule has 3 N–H and O–H groups in total. The summed E-state index contributed by atoms with van der Waals surface area (Å²) in [6.07, 6.45) is 4.69. The van der Waals surface area contributed by atoms with Crippen LogP contribution in [0.2, 0.25) is 0 Å². The fourth-order valence-corrected chi connectivity index (χ4v) is 2.50. The number of nitrogens with two attached hydrogens (primary N) is 1. The second-order valence-corrected chi connectivity index (χ2v) is 5.19. The summed E-state index contributed by atoms with van der Waals surface area (Å²) in [6, 6.07) is 0.226. The van der Waals surface area contributed by atoms with Crippen molar-refractivity contribution >= 4 is 17.0 Å². The van der Waals surface area contributed by atoms with Crippen LogP contribution in [0.5, 0.6) is 0 Å². The number of hydrogen-bond donors (Lipinski definition) is 2. The predicted molar refractivity (Wildman–Crippen MR) is 65.7 cm³/mol. The molecule has 0 aromatic carbocycles. The van der Waals surface area contributed by atoms with Crippen molar-refractivity contribution in [3.8, 4) is 0 Å². The molecule has 2 aromatic rings. The molecule has 0 amide bonds. The van der Waals surface area contributed by atoms with E-state index in [9.17, 15) is 5.11 Å². The van der Waals surface area contributed by atoms with Crippen LogP contribution in [0.3, 0.4) is 0 Å². The molecular weight excluding hydrogens is 232 g/mol. The Morgan fingerprint density at radius 3 is 2.83 bits per heavy atom. The Bertz CT molecular complexity index is 568. The van der Waals surface area contributed by atoms with E-state index in [0.717, 1.165) is 25.7 Å². The molecule has 7 heteroatoms. The molecule has 2 aromatic heterocycles. The van der Waals surface area contributed by atoms with Gasteiger partial charge < -0.3 is 10.8 Å². The van der Waals surface area contributed by atoms with Gasteiger partial charge in [0.1, 0.15) is 6.33 Å². The van der Waals surface area contributed by atoms with Crippen LogP contribution < -0.4 is 5.73 Å². The number of fused-ring (bicyclic) bond motifs is 1. The van der Waals surface area contributed by atoms with E-state index in [1.807, 2.05) is 11.6 Å². The molecule has 18 heavy (non-hydrogen) atoms. The molecule has 0 spiro atoms. The zero-order valence-electron chi connectivity index (χ0n) is 10.2. The van der Waals surface area contributed by atoms with Crippen molar-refractivity contribution in [1.29, 1.82) is 0 Å². The zero-order valence-corrected chi connectivity index (χ0v) is 10.2. The molecule has 1 fully saturated rings. The minimum atomic E-state index is -0.555. The molecule has 1 aliphatic rings. The van der Waals surface area contributed by atoms with Crippen LogP contribution in [-0.4, -0.2) is 35.7 Å². The Balaban J connectivity index is 1.94. The first-order chi connectivity index (χ1) is 8.57. The van der Waals surface area contributed by atoms with Crippen molar-refractivity contribution in [3.05, 3.63) is 6.33 Å². The first-order valence-electron chi connectivity index (χ1n) is 6.10. The van der Waals surface area contributed by atoms with Crippen molar-refractivity contribution in [2.75, 3.05) is 5.73 Å². The van der Waals surface area contributed by atoms with Crippen LogP contribution in [0.4, 0.5) is 5.82 Å². The van der Waals surface area contributed by atoms with Gasteiger partial charge in [-0.3, -0.25) is 0 Å². The molecule has 0 unspecified atom stereocenters. The van der Waals surface area contributed by atoms with E-state index in [0.29, 0.717) is 17.0 Å². The summed E-state index contributed by atoms with van der Waals surface area (Å²) in [4.78, 5) is 8.10. The third kappa shape index (κ3) is 1.80. The molecule has 1 aliphatic carbocycles. The monoisotopic (exact) mass is 248 g/mol. The summed E-state index contributed by atoms with van der Waals surface area (Å²) >= 11 is 0. The smallest absolute Gasteiger partial charge is 0.184 e. The highest BCUT2D eigenvalue weighted by Gasteiger charge is 2.31. The molecule has 0 atom stereocenters. The van der Waals surface area contributed by atoms with E-state index < -0.39 is 5.60 Å². The van der Waals surface area contributed by atoms with Crippen LogP contribution in [0, 0.1) is 0 Å². The molecule has 3 rings (SSSR count). The Hall–Kier alpha value is -1.76. The summed E-state index contributed by atoms with van der Waals surface area (Å²) in [7, 11) is 0. The molecule has 0 radical (unpaired) electrons. The second kappa shape index (κ2) is 3.88. The predicted octanol–water partition coefficient (Wildman–Crippen LogP) is 0.670. The molecule has 0 bridgehead atoms. The van der Waals surface area contributed by atoms with Crippen molar-refractivity contribution in [3.63, 3.8) is 0 Å². The maximum Gasteiger partial charge on any atom is 0.184 e. The van der Waals surface area contributed by atoms with E-state index in [-0.39, 0.29) is 6.04 Å². The van der Waals surface area contributed by atoms with E-state index in [1.54, 1.807) is 0 Å². The van der Waals surface area contributed by atoms with Gasteiger partial charge in [0.15, 0.2) is 17.0 Å². The van der Waals surface area contributed by atoms with Gasteiger partial charge >= 0.3 is 0 Å². The normalized spacial score (nSPS) is 28.7. The van der Waals surface area contributed by atoms with Crippen molar-refractivity contribution in [1.82, 2.24) is 25.0 Å². The lowest BCUT2D eigenvalue weighted by Gasteiger charge is -2.32. The minimum Gasteiger partial charge on any atom is -0.390 e. The van der Waals surface area contributed by atoms with Gasteiger partial charge in [-0.15, -0.1) is 5.10 Å². The summed E-state index contributed by atoms with van der Waals surface area (Å²) in [6.45, 7) is 1.88. The SMILES string of the molecule is CC1(O)CCC(n2nnc3c(N)ncnc32)CC1. The molecule has 0 aliphatic heterocycles. The van der Waals surface area contributed by atoms with Gasteiger partial charge in [-0.1, -0.05) is 5.21 Å². The Morgan fingerprint density at radius 1 is 1.39 bits per heavy atom. The first-order valence-corrected chi connectivity index (χ1v) is 6.10. The Labute approximate surface area is 104 Å². The Morgan fingerprint density at radius 2 is 2.11 bits per heavy atom. The number of nitrogens with zero attached hydrogens (tertiary/aromatic N) is 5. The molecule has 2 heterocycles. The first kappa shape index (κ1) is 11.3. The van der Waals surface area contributed by atoms with Crippen LogP contribution in [0.15, 0.2) is 6.33 Å². The zero-order chi connectivity index (χ0) is 12.8. The van der Waals surface area contributed by atoms with Gasteiger partial charge in [-0.05, 0) is 32.6 Å². The number of aliphatic hydroxyl groups is 1. The average Bonchev–Trinajstić information content (AvgIpc) is 2.74. The topological polar surface area (TPSA) is 103 Å². The third-order valence-corrected chi connectivity index (χ3v) is 3.67. The molecule has 1 saturated carbocycles. The van der Waals surface area contributed by atoms with Crippen molar-refractivity contribution < 1.29 is 5.11 Å². The number of rotatable bonds is 1. The molecule has 96 valence electrons. The van der Waals surface area contributed by atoms with Gasteiger partial charge in [0.25, 0.3) is 0 Å². The fourth-order valence-electron chi connectivity index (χ4n) is 2.50. The van der Waals surface area contributed by atoms with Crippen LogP contribution in [0.25, 0.3) is 11.2 Å². The largest absolute Gasteiger partial charge is 0.390 e. The quantitative estimate of drug-likeness (QED) is 0.768. The lowest BCUT2D eigenvalue weighted by atomic mass is 9.84. The standard InChI is InChI=1S/C11H16N6O/c1-11(18)4-2-7(3-5-11)17-10-8(15-16-17)9(12)13-6-14-10/h6-7,18H,2-5H2,1H3,(H2,12,13,14). The van der Waals surface area contributed by atoms with Crippen LogP contribution >= 0.6 is 0 Å².